The molecule has 24 heavy (non-hydrogen) atoms. The topological polar surface area (TPSA) is 80.5 Å². The van der Waals surface area contributed by atoms with Gasteiger partial charge < -0.3 is 4.90 Å². The van der Waals surface area contributed by atoms with Crippen molar-refractivity contribution in [2.24, 2.45) is 11.1 Å². The lowest BCUT2D eigenvalue weighted by Gasteiger charge is -2.15. The Hall–Kier alpha value is -1.70. The Kier molecular flexibility index (Phi) is 4.76. The number of benzene rings is 1. The zero-order chi connectivity index (χ0) is 17.3. The van der Waals surface area contributed by atoms with Crippen LogP contribution in [0, 0.1) is 12.8 Å². The second kappa shape index (κ2) is 6.66. The molecule has 0 bridgehead atoms. The molecule has 0 aliphatic carbocycles. The first-order valence-corrected chi connectivity index (χ1v) is 10.3. The lowest BCUT2D eigenvalue weighted by molar-refractivity contribution is 0.0793. The maximum Gasteiger partial charge on any atom is 0.263 e. The second-order valence-corrected chi connectivity index (χ2v) is 8.94. The van der Waals surface area contributed by atoms with Gasteiger partial charge in [-0.25, -0.2) is 13.6 Å². The summed E-state index contributed by atoms with van der Waals surface area (Å²) in [4.78, 5) is 16.2. The van der Waals surface area contributed by atoms with E-state index in [1.807, 2.05) is 43.3 Å². The van der Waals surface area contributed by atoms with E-state index in [0.29, 0.717) is 24.4 Å². The molecule has 0 radical (unpaired) electrons. The maximum atomic E-state index is 12.7. The third-order valence-corrected chi connectivity index (χ3v) is 6.42. The monoisotopic (exact) mass is 364 g/mol. The van der Waals surface area contributed by atoms with E-state index in [2.05, 4.69) is 0 Å². The lowest BCUT2D eigenvalue weighted by Crippen LogP contribution is -2.30. The Balaban J connectivity index is 1.75. The van der Waals surface area contributed by atoms with Gasteiger partial charge in [0.1, 0.15) is 0 Å². The molecule has 1 atom stereocenters. The van der Waals surface area contributed by atoms with Gasteiger partial charge in [-0.05, 0) is 36.5 Å². The van der Waals surface area contributed by atoms with Crippen LogP contribution in [-0.4, -0.2) is 38.1 Å². The number of hydrogen-bond donors (Lipinski definition) is 1. The van der Waals surface area contributed by atoms with E-state index >= 15 is 0 Å². The van der Waals surface area contributed by atoms with Crippen molar-refractivity contribution in [2.45, 2.75) is 13.3 Å². The zero-order valence-electron chi connectivity index (χ0n) is 13.4. The molecular weight excluding hydrogens is 344 g/mol. The van der Waals surface area contributed by atoms with Crippen LogP contribution < -0.4 is 5.14 Å². The summed E-state index contributed by atoms with van der Waals surface area (Å²) >= 11 is 1.49. The summed E-state index contributed by atoms with van der Waals surface area (Å²) in [5.74, 6) is -0.156. The number of nitrogens with zero attached hydrogens (tertiary/aromatic N) is 1. The van der Waals surface area contributed by atoms with Gasteiger partial charge in [0.15, 0.2) is 0 Å². The molecule has 1 unspecified atom stereocenters. The number of rotatable bonds is 4. The number of carbonyl (C=O) groups is 1. The molecule has 0 saturated carbocycles. The molecule has 7 heteroatoms. The zero-order valence-corrected chi connectivity index (χ0v) is 15.1. The highest BCUT2D eigenvalue weighted by Crippen LogP contribution is 2.33. The van der Waals surface area contributed by atoms with Gasteiger partial charge in [0.2, 0.25) is 10.0 Å². The van der Waals surface area contributed by atoms with Crippen molar-refractivity contribution in [1.29, 1.82) is 0 Å². The highest BCUT2D eigenvalue weighted by molar-refractivity contribution is 7.89. The molecule has 2 heterocycles. The summed E-state index contributed by atoms with van der Waals surface area (Å²) in [5, 5.41) is 5.11. The molecule has 1 aliphatic rings. The van der Waals surface area contributed by atoms with Crippen molar-refractivity contribution in [3.05, 3.63) is 46.8 Å². The smallest absolute Gasteiger partial charge is 0.263 e. The molecule has 2 aromatic rings. The number of thiophene rings is 1. The van der Waals surface area contributed by atoms with E-state index in [1.54, 1.807) is 4.90 Å². The quantitative estimate of drug-likeness (QED) is 0.905. The van der Waals surface area contributed by atoms with E-state index in [1.165, 1.54) is 11.3 Å². The van der Waals surface area contributed by atoms with Crippen molar-refractivity contribution < 1.29 is 13.2 Å². The van der Waals surface area contributed by atoms with E-state index in [4.69, 9.17) is 5.14 Å². The van der Waals surface area contributed by atoms with Crippen LogP contribution in [0.3, 0.4) is 0 Å². The van der Waals surface area contributed by atoms with Crippen molar-refractivity contribution in [2.75, 3.05) is 18.8 Å². The summed E-state index contributed by atoms with van der Waals surface area (Å²) in [6.45, 7) is 3.03. The van der Waals surface area contributed by atoms with Crippen LogP contribution in [-0.2, 0) is 10.0 Å². The second-order valence-electron chi connectivity index (χ2n) is 6.22. The molecule has 1 aromatic heterocycles. The van der Waals surface area contributed by atoms with Gasteiger partial charge in [0.05, 0.1) is 10.6 Å². The summed E-state index contributed by atoms with van der Waals surface area (Å²) in [5.41, 5.74) is 2.18. The SMILES string of the molecule is Cc1cc(C(=O)N2CCC(CS(N)(=O)=O)C2)sc1-c1ccccc1. The Morgan fingerprint density at radius 3 is 2.71 bits per heavy atom. The molecule has 1 aliphatic heterocycles. The van der Waals surface area contributed by atoms with Gasteiger partial charge in [-0.15, -0.1) is 11.3 Å². The highest BCUT2D eigenvalue weighted by atomic mass is 32.2. The predicted octanol–water partition coefficient (Wildman–Crippen LogP) is 2.47. The van der Waals surface area contributed by atoms with Gasteiger partial charge in [0, 0.05) is 18.0 Å². The fourth-order valence-corrected chi connectivity index (χ4v) is 5.18. The van der Waals surface area contributed by atoms with Crippen molar-refractivity contribution in [3.8, 4) is 10.4 Å². The number of primary sulfonamides is 1. The van der Waals surface area contributed by atoms with E-state index in [9.17, 15) is 13.2 Å². The first kappa shape index (κ1) is 17.1. The van der Waals surface area contributed by atoms with Crippen molar-refractivity contribution in [3.63, 3.8) is 0 Å². The number of carbonyl (C=O) groups excluding carboxylic acids is 1. The number of hydrogen-bond acceptors (Lipinski definition) is 4. The summed E-state index contributed by atoms with van der Waals surface area (Å²) in [6, 6.07) is 11.9. The lowest BCUT2D eigenvalue weighted by atomic mass is 10.1. The molecule has 128 valence electrons. The molecule has 5 nitrogen and oxygen atoms in total. The average Bonchev–Trinajstić information content (AvgIpc) is 3.12. The van der Waals surface area contributed by atoms with E-state index in [0.717, 1.165) is 16.0 Å². The van der Waals surface area contributed by atoms with Crippen LogP contribution in [0.1, 0.15) is 21.7 Å². The number of aryl methyl sites for hydroxylation is 1. The van der Waals surface area contributed by atoms with Crippen molar-refractivity contribution in [1.82, 2.24) is 4.90 Å². The molecule has 1 amide bonds. The number of likely N-dealkylation sites (tertiary alicyclic amines) is 1. The average molecular weight is 364 g/mol. The fourth-order valence-electron chi connectivity index (χ4n) is 3.10. The van der Waals surface area contributed by atoms with Crippen LogP contribution in [0.25, 0.3) is 10.4 Å². The van der Waals surface area contributed by atoms with Gasteiger partial charge in [0.25, 0.3) is 5.91 Å². The minimum Gasteiger partial charge on any atom is -0.338 e. The highest BCUT2D eigenvalue weighted by Gasteiger charge is 2.30. The van der Waals surface area contributed by atoms with Gasteiger partial charge in [-0.2, -0.15) is 0 Å². The summed E-state index contributed by atoms with van der Waals surface area (Å²) < 4.78 is 22.4. The van der Waals surface area contributed by atoms with Crippen LogP contribution >= 0.6 is 11.3 Å². The third-order valence-electron chi connectivity index (χ3n) is 4.21. The normalized spacial score (nSPS) is 18.1. The van der Waals surface area contributed by atoms with Crippen LogP contribution in [0.15, 0.2) is 36.4 Å². The fraction of sp³-hybridized carbons (Fsp3) is 0.353. The van der Waals surface area contributed by atoms with Gasteiger partial charge in [-0.3, -0.25) is 4.79 Å². The van der Waals surface area contributed by atoms with Crippen LogP contribution in [0.5, 0.6) is 0 Å². The minimum absolute atomic E-state index is 0.0257. The first-order chi connectivity index (χ1) is 11.3. The van der Waals surface area contributed by atoms with E-state index < -0.39 is 10.0 Å². The Labute approximate surface area is 146 Å². The standard InChI is InChI=1S/C17H20N2O3S2/c1-12-9-15(23-16(12)14-5-3-2-4-6-14)17(20)19-8-7-13(10-19)11-24(18,21)22/h2-6,9,13H,7-8,10-11H2,1H3,(H2,18,21,22). The Morgan fingerprint density at radius 1 is 1.33 bits per heavy atom. The molecular formula is C17H20N2O3S2. The molecule has 1 aromatic carbocycles. The summed E-state index contributed by atoms with van der Waals surface area (Å²) in [6.07, 6.45) is 0.679. The van der Waals surface area contributed by atoms with Crippen molar-refractivity contribution >= 4 is 27.3 Å². The summed E-state index contributed by atoms with van der Waals surface area (Å²) in [7, 11) is -3.50. The van der Waals surface area contributed by atoms with Gasteiger partial charge >= 0.3 is 0 Å². The predicted molar refractivity (Wildman–Crippen MR) is 96.5 cm³/mol. The van der Waals surface area contributed by atoms with Crippen LogP contribution in [0.4, 0.5) is 0 Å². The molecule has 3 rings (SSSR count). The largest absolute Gasteiger partial charge is 0.338 e. The molecule has 1 fully saturated rings. The molecule has 1 saturated heterocycles. The number of amides is 1. The number of nitrogens with two attached hydrogens (primary N) is 1. The van der Waals surface area contributed by atoms with Crippen LogP contribution in [0.2, 0.25) is 0 Å². The number of sulfonamides is 1. The van der Waals surface area contributed by atoms with E-state index in [-0.39, 0.29) is 17.6 Å². The molecule has 2 N–H and O–H groups in total. The van der Waals surface area contributed by atoms with Gasteiger partial charge in [-0.1, -0.05) is 30.3 Å². The molecule has 0 spiro atoms. The Bertz CT molecular complexity index is 844. The maximum absolute atomic E-state index is 12.7. The first-order valence-electron chi connectivity index (χ1n) is 7.79. The Morgan fingerprint density at radius 2 is 2.04 bits per heavy atom. The minimum atomic E-state index is -3.50. The third kappa shape index (κ3) is 3.85.